The van der Waals surface area contributed by atoms with Crippen molar-refractivity contribution in [2.24, 2.45) is 0 Å². The normalized spacial score (nSPS) is 14.4. The third-order valence-corrected chi connectivity index (χ3v) is 7.28. The number of aromatic carboxylic acids is 1. The fourth-order valence-electron chi connectivity index (χ4n) is 5.41. The van der Waals surface area contributed by atoms with Gasteiger partial charge < -0.3 is 24.4 Å². The second kappa shape index (κ2) is 8.90. The minimum Gasteiger partial charge on any atom is -0.478 e. The Morgan fingerprint density at radius 2 is 1.28 bits per heavy atom. The molecule has 2 aliphatic heterocycles. The highest BCUT2D eigenvalue weighted by molar-refractivity contribution is 6.00. The van der Waals surface area contributed by atoms with Crippen molar-refractivity contribution in [2.75, 3.05) is 36.0 Å². The molecule has 0 bridgehead atoms. The van der Waals surface area contributed by atoms with Crippen LogP contribution in [0.15, 0.2) is 54.6 Å². The van der Waals surface area contributed by atoms with Crippen molar-refractivity contribution in [1.29, 1.82) is 0 Å². The SMILES string of the molecule is CCN(CC)c1ccc2c(c1)Oc1cc(N(CC)CC)ccc1C21OC(=O)c2cc(C(=O)O)ccc21. The number of ether oxygens (including phenoxy) is 2. The maximum Gasteiger partial charge on any atom is 0.340 e. The Bertz CT molecular complexity index is 1300. The van der Waals surface area contributed by atoms with Crippen molar-refractivity contribution in [1.82, 2.24) is 0 Å². The van der Waals surface area contributed by atoms with E-state index in [1.807, 2.05) is 36.4 Å². The molecule has 2 aliphatic rings. The lowest BCUT2D eigenvalue weighted by Crippen LogP contribution is -2.33. The van der Waals surface area contributed by atoms with Gasteiger partial charge in [-0.05, 0) is 64.1 Å². The molecule has 3 aromatic rings. The van der Waals surface area contributed by atoms with Gasteiger partial charge in [0, 0.05) is 66.4 Å². The summed E-state index contributed by atoms with van der Waals surface area (Å²) < 4.78 is 12.7. The molecule has 0 aliphatic carbocycles. The zero-order chi connectivity index (χ0) is 25.6. The number of esters is 1. The smallest absolute Gasteiger partial charge is 0.340 e. The topological polar surface area (TPSA) is 79.3 Å². The van der Waals surface area contributed by atoms with E-state index in [2.05, 4.69) is 37.5 Å². The summed E-state index contributed by atoms with van der Waals surface area (Å²) in [6.45, 7) is 11.8. The Hall–Kier alpha value is -4.00. The predicted molar refractivity (Wildman–Crippen MR) is 139 cm³/mol. The molecule has 1 spiro atoms. The summed E-state index contributed by atoms with van der Waals surface area (Å²) in [5.74, 6) is -0.405. The third kappa shape index (κ3) is 3.41. The van der Waals surface area contributed by atoms with Gasteiger partial charge in [0.05, 0.1) is 11.1 Å². The average Bonchev–Trinajstić information content (AvgIpc) is 3.17. The number of rotatable bonds is 7. The van der Waals surface area contributed by atoms with Gasteiger partial charge in [-0.25, -0.2) is 9.59 Å². The number of fused-ring (bicyclic) bond motifs is 6. The lowest BCUT2D eigenvalue weighted by Gasteiger charge is -2.37. The lowest BCUT2D eigenvalue weighted by molar-refractivity contribution is 0.0224. The Kier molecular flexibility index (Phi) is 5.86. The monoisotopic (exact) mass is 486 g/mol. The second-order valence-electron chi connectivity index (χ2n) is 8.94. The van der Waals surface area contributed by atoms with Gasteiger partial charge in [-0.3, -0.25) is 0 Å². The highest BCUT2D eigenvalue weighted by Gasteiger charge is 2.53. The van der Waals surface area contributed by atoms with Crippen LogP contribution in [0.3, 0.4) is 0 Å². The number of carbonyl (C=O) groups excluding carboxylic acids is 1. The number of benzene rings is 3. The molecule has 2 heterocycles. The van der Waals surface area contributed by atoms with Crippen LogP contribution in [0.1, 0.15) is 65.1 Å². The summed E-state index contributed by atoms with van der Waals surface area (Å²) in [4.78, 5) is 29.3. The number of carbonyl (C=O) groups is 2. The minimum absolute atomic E-state index is 0.0454. The number of hydrogen-bond donors (Lipinski definition) is 1. The molecule has 0 saturated heterocycles. The molecular weight excluding hydrogens is 456 g/mol. The van der Waals surface area contributed by atoms with E-state index in [1.165, 1.54) is 12.1 Å². The quantitative estimate of drug-likeness (QED) is 0.433. The van der Waals surface area contributed by atoms with E-state index in [1.54, 1.807) is 6.07 Å². The number of carboxylic acids is 1. The molecule has 36 heavy (non-hydrogen) atoms. The molecule has 5 rings (SSSR count). The van der Waals surface area contributed by atoms with Crippen LogP contribution < -0.4 is 14.5 Å². The summed E-state index contributed by atoms with van der Waals surface area (Å²) in [6, 6.07) is 16.6. The Balaban J connectivity index is 1.77. The largest absolute Gasteiger partial charge is 0.478 e. The average molecular weight is 487 g/mol. The predicted octanol–water partition coefficient (Wildman–Crippen LogP) is 5.65. The molecule has 0 fully saturated rings. The Morgan fingerprint density at radius 1 is 0.778 bits per heavy atom. The fraction of sp³-hybridized carbons (Fsp3) is 0.310. The summed E-state index contributed by atoms with van der Waals surface area (Å²) in [5, 5.41) is 9.50. The highest BCUT2D eigenvalue weighted by Crippen LogP contribution is 2.57. The van der Waals surface area contributed by atoms with Crippen molar-refractivity contribution >= 4 is 23.3 Å². The van der Waals surface area contributed by atoms with Crippen LogP contribution in [-0.4, -0.2) is 43.2 Å². The summed E-state index contributed by atoms with van der Waals surface area (Å²) >= 11 is 0. The summed E-state index contributed by atoms with van der Waals surface area (Å²) in [6.07, 6.45) is 0. The fourth-order valence-corrected chi connectivity index (χ4v) is 5.41. The van der Waals surface area contributed by atoms with Crippen molar-refractivity contribution in [3.05, 3.63) is 82.4 Å². The van der Waals surface area contributed by atoms with Crippen molar-refractivity contribution < 1.29 is 24.2 Å². The van der Waals surface area contributed by atoms with Gasteiger partial charge in [0.15, 0.2) is 5.60 Å². The van der Waals surface area contributed by atoms with Gasteiger partial charge in [0.25, 0.3) is 0 Å². The number of nitrogens with zero attached hydrogens (tertiary/aromatic N) is 2. The zero-order valence-electron chi connectivity index (χ0n) is 21.0. The van der Waals surface area contributed by atoms with Gasteiger partial charge >= 0.3 is 11.9 Å². The Labute approximate surface area is 210 Å². The molecule has 186 valence electrons. The van der Waals surface area contributed by atoms with Crippen LogP contribution in [0.25, 0.3) is 0 Å². The maximum atomic E-state index is 13.2. The maximum absolute atomic E-state index is 13.2. The van der Waals surface area contributed by atoms with Crippen LogP contribution in [0.5, 0.6) is 11.5 Å². The van der Waals surface area contributed by atoms with Crippen molar-refractivity contribution in [2.45, 2.75) is 33.3 Å². The lowest BCUT2D eigenvalue weighted by atomic mass is 9.77. The van der Waals surface area contributed by atoms with Crippen molar-refractivity contribution in [3.8, 4) is 11.5 Å². The van der Waals surface area contributed by atoms with E-state index < -0.39 is 17.5 Å². The zero-order valence-corrected chi connectivity index (χ0v) is 21.0. The van der Waals surface area contributed by atoms with Gasteiger partial charge in [0.2, 0.25) is 0 Å². The van der Waals surface area contributed by atoms with Crippen LogP contribution >= 0.6 is 0 Å². The second-order valence-corrected chi connectivity index (χ2v) is 8.94. The minimum atomic E-state index is -1.23. The van der Waals surface area contributed by atoms with Gasteiger partial charge in [-0.1, -0.05) is 6.07 Å². The molecule has 0 aromatic heterocycles. The van der Waals surface area contributed by atoms with Gasteiger partial charge in [0.1, 0.15) is 11.5 Å². The first-order chi connectivity index (χ1) is 17.4. The molecule has 7 nitrogen and oxygen atoms in total. The first kappa shape index (κ1) is 23.7. The Morgan fingerprint density at radius 3 is 1.75 bits per heavy atom. The molecule has 0 saturated carbocycles. The molecule has 0 amide bonds. The molecule has 3 aromatic carbocycles. The molecule has 0 unspecified atom stereocenters. The number of anilines is 2. The van der Waals surface area contributed by atoms with Crippen LogP contribution in [-0.2, 0) is 10.3 Å². The summed E-state index contributed by atoms with van der Waals surface area (Å²) in [5.41, 5.74) is 3.17. The standard InChI is InChI=1S/C29H30N2O5/c1-5-30(6-2)19-10-13-23-25(16-19)35-26-17-20(31(7-3)8-4)11-14-24(26)29(23)22-12-9-18(27(32)33)15-21(22)28(34)36-29/h9-17H,5-8H2,1-4H3,(H,32,33). The van der Waals surface area contributed by atoms with Crippen LogP contribution in [0.2, 0.25) is 0 Å². The molecule has 7 heteroatoms. The molecule has 1 N–H and O–H groups in total. The molecular formula is C29H30N2O5. The van der Waals surface area contributed by atoms with Gasteiger partial charge in [-0.2, -0.15) is 0 Å². The van der Waals surface area contributed by atoms with E-state index in [0.717, 1.165) is 48.7 Å². The van der Waals surface area contributed by atoms with Crippen LogP contribution in [0.4, 0.5) is 11.4 Å². The van der Waals surface area contributed by atoms with E-state index >= 15 is 0 Å². The third-order valence-electron chi connectivity index (χ3n) is 7.28. The molecule has 0 atom stereocenters. The summed E-state index contributed by atoms with van der Waals surface area (Å²) in [7, 11) is 0. The van der Waals surface area contributed by atoms with E-state index in [-0.39, 0.29) is 11.1 Å². The van der Waals surface area contributed by atoms with E-state index in [4.69, 9.17) is 9.47 Å². The molecule has 0 radical (unpaired) electrons. The first-order valence-electron chi connectivity index (χ1n) is 12.5. The van der Waals surface area contributed by atoms with Crippen molar-refractivity contribution in [3.63, 3.8) is 0 Å². The van der Waals surface area contributed by atoms with E-state index in [0.29, 0.717) is 17.1 Å². The van der Waals surface area contributed by atoms with E-state index in [9.17, 15) is 14.7 Å². The number of carboxylic acid groups (broad SMARTS) is 1. The number of hydrogen-bond acceptors (Lipinski definition) is 6. The van der Waals surface area contributed by atoms with Gasteiger partial charge in [-0.15, -0.1) is 0 Å². The highest BCUT2D eigenvalue weighted by atomic mass is 16.6. The first-order valence-corrected chi connectivity index (χ1v) is 12.5. The van der Waals surface area contributed by atoms with Crippen LogP contribution in [0, 0.1) is 0 Å².